The van der Waals surface area contributed by atoms with Crippen molar-refractivity contribution in [2.45, 2.75) is 61.6 Å². The van der Waals surface area contributed by atoms with Crippen LogP contribution in [-0.2, 0) is 52.4 Å². The SMILES string of the molecule is CNC(=O)O[C@@H]1COc2c(S(=O)(=NC(c3ccccc3)(c3ccccc3)c3ccccc3)NC(=O)Nc3c4c(c(F)c5c3CCC5)CCC4)cnn2C1. The number of nitrogens with one attached hydrogen (secondary N) is 3. The molecule has 0 saturated heterocycles. The molecule has 3 aliphatic rings. The molecule has 0 spiro atoms. The molecule has 3 amide bonds. The van der Waals surface area contributed by atoms with Crippen LogP contribution in [0.25, 0.3) is 0 Å². The van der Waals surface area contributed by atoms with Crippen LogP contribution in [-0.4, -0.2) is 45.9 Å². The van der Waals surface area contributed by atoms with E-state index in [0.29, 0.717) is 59.2 Å². The monoisotopic (exact) mass is 734 g/mol. The number of halogens is 1. The van der Waals surface area contributed by atoms with Gasteiger partial charge in [0.1, 0.15) is 22.9 Å². The molecule has 0 radical (unpaired) electrons. The van der Waals surface area contributed by atoms with Crippen molar-refractivity contribution >= 4 is 27.7 Å². The minimum absolute atomic E-state index is 0.0388. The van der Waals surface area contributed by atoms with Crippen LogP contribution in [0.4, 0.5) is 19.7 Å². The lowest BCUT2D eigenvalue weighted by molar-refractivity contribution is 0.0300. The van der Waals surface area contributed by atoms with E-state index >= 15 is 8.60 Å². The third-order valence-electron chi connectivity index (χ3n) is 10.2. The van der Waals surface area contributed by atoms with Gasteiger partial charge in [-0.15, -0.1) is 0 Å². The minimum Gasteiger partial charge on any atom is -0.473 e. The van der Waals surface area contributed by atoms with Crippen LogP contribution in [0.5, 0.6) is 5.88 Å². The van der Waals surface area contributed by atoms with Gasteiger partial charge in [-0.25, -0.2) is 27.6 Å². The molecule has 4 aromatic carbocycles. The molecule has 2 atom stereocenters. The van der Waals surface area contributed by atoms with Crippen molar-refractivity contribution in [3.8, 4) is 5.88 Å². The van der Waals surface area contributed by atoms with Crippen LogP contribution in [0.15, 0.2) is 106 Å². The normalized spacial score (nSPS) is 17.0. The summed E-state index contributed by atoms with van der Waals surface area (Å²) in [6.07, 6.45) is 4.15. The van der Waals surface area contributed by atoms with Crippen molar-refractivity contribution in [2.75, 3.05) is 19.0 Å². The number of carbonyl (C=O) groups excluding carboxylic acids is 2. The zero-order valence-electron chi connectivity index (χ0n) is 29.1. The third kappa shape index (κ3) is 6.18. The molecule has 0 saturated carbocycles. The van der Waals surface area contributed by atoms with Gasteiger partial charge in [0.25, 0.3) is 0 Å². The molecular weight excluding hydrogens is 696 g/mol. The summed E-state index contributed by atoms with van der Waals surface area (Å²) in [5.41, 5.74) is 4.21. The van der Waals surface area contributed by atoms with Crippen LogP contribution in [0, 0.1) is 5.82 Å². The Bertz CT molecular complexity index is 2180. The predicted octanol–water partition coefficient (Wildman–Crippen LogP) is 6.67. The average molecular weight is 735 g/mol. The van der Waals surface area contributed by atoms with Gasteiger partial charge < -0.3 is 20.1 Å². The van der Waals surface area contributed by atoms with E-state index in [-0.39, 0.29) is 29.7 Å². The number of nitrogens with zero attached hydrogens (tertiary/aromatic N) is 3. The summed E-state index contributed by atoms with van der Waals surface area (Å²) in [5.74, 6) is -0.0297. The van der Waals surface area contributed by atoms with Gasteiger partial charge in [-0.1, -0.05) is 91.0 Å². The highest BCUT2D eigenvalue weighted by Crippen LogP contribution is 2.44. The van der Waals surface area contributed by atoms with E-state index in [1.165, 1.54) is 17.9 Å². The maximum atomic E-state index is 16.1. The van der Waals surface area contributed by atoms with E-state index in [1.807, 2.05) is 91.0 Å². The number of anilines is 1. The standard InChI is InChI=1S/C40H39FN6O5S/c1-42-39(49)52-29-24-47-37(51-25-29)34(23-43-47)53(50,45-38(48)44-36-32-21-11-19-30(32)35(41)31-20-12-22-33(31)36)46-40(26-13-5-2-6-14-26,27-15-7-3-8-16-27)28-17-9-4-10-18-28/h2-10,13-18,23,29H,11-12,19-22,24-25H2,1H3,(H,42,49)(H2,44,45,46,48,50)/t29-,53?/m0/s1. The second-order valence-electron chi connectivity index (χ2n) is 13.4. The summed E-state index contributed by atoms with van der Waals surface area (Å²) in [5, 5.41) is 9.93. The molecule has 0 bridgehead atoms. The van der Waals surface area contributed by atoms with Gasteiger partial charge in [-0.05, 0) is 77.5 Å². The topological polar surface area (TPSA) is 136 Å². The molecular formula is C40H39FN6O5S. The molecule has 53 heavy (non-hydrogen) atoms. The fraction of sp³-hybridized carbons (Fsp3) is 0.275. The Labute approximate surface area is 307 Å². The quantitative estimate of drug-likeness (QED) is 0.153. The Morgan fingerprint density at radius 3 is 1.92 bits per heavy atom. The summed E-state index contributed by atoms with van der Waals surface area (Å²) in [6.45, 7) is 0.0857. The van der Waals surface area contributed by atoms with E-state index in [4.69, 9.17) is 13.8 Å². The van der Waals surface area contributed by atoms with Crippen LogP contribution < -0.4 is 20.1 Å². The largest absolute Gasteiger partial charge is 0.473 e. The minimum atomic E-state index is -4.01. The van der Waals surface area contributed by atoms with Gasteiger partial charge in [0, 0.05) is 12.7 Å². The molecule has 272 valence electrons. The van der Waals surface area contributed by atoms with Crippen molar-refractivity contribution in [1.82, 2.24) is 19.8 Å². The molecule has 5 aromatic rings. The summed E-state index contributed by atoms with van der Waals surface area (Å²) in [4.78, 5) is 26.4. The van der Waals surface area contributed by atoms with E-state index in [1.54, 1.807) is 0 Å². The van der Waals surface area contributed by atoms with Crippen LogP contribution >= 0.6 is 0 Å². The van der Waals surface area contributed by atoms with E-state index in [2.05, 4.69) is 20.5 Å². The number of carbonyl (C=O) groups is 2. The number of rotatable bonds is 8. The number of hydrogen-bond acceptors (Lipinski definition) is 7. The predicted molar refractivity (Wildman–Crippen MR) is 198 cm³/mol. The maximum Gasteiger partial charge on any atom is 0.407 e. The second-order valence-corrected chi connectivity index (χ2v) is 15.3. The molecule has 1 aliphatic heterocycles. The van der Waals surface area contributed by atoms with Crippen molar-refractivity contribution in [3.63, 3.8) is 0 Å². The van der Waals surface area contributed by atoms with Gasteiger partial charge >= 0.3 is 12.1 Å². The third-order valence-corrected chi connectivity index (χ3v) is 12.1. The lowest BCUT2D eigenvalue weighted by atomic mass is 9.78. The number of benzene rings is 4. The van der Waals surface area contributed by atoms with Gasteiger partial charge in [0.05, 0.1) is 12.7 Å². The highest BCUT2D eigenvalue weighted by Gasteiger charge is 2.41. The number of fused-ring (bicyclic) bond motifs is 3. The number of alkyl carbamates (subject to hydrolysis) is 1. The number of aromatic nitrogens is 2. The molecule has 1 aromatic heterocycles. The summed E-state index contributed by atoms with van der Waals surface area (Å²) in [6, 6.07) is 27.8. The molecule has 11 nitrogen and oxygen atoms in total. The fourth-order valence-electron chi connectivity index (χ4n) is 7.84. The lowest BCUT2D eigenvalue weighted by Gasteiger charge is -2.33. The van der Waals surface area contributed by atoms with Gasteiger partial charge in [-0.2, -0.15) is 9.46 Å². The Hall–Kier alpha value is -5.69. The molecule has 13 heteroatoms. The van der Waals surface area contributed by atoms with Crippen LogP contribution in [0.2, 0.25) is 0 Å². The first-order valence-electron chi connectivity index (χ1n) is 17.8. The van der Waals surface area contributed by atoms with Gasteiger partial charge in [-0.3, -0.25) is 0 Å². The molecule has 0 fully saturated rings. The molecule has 2 aliphatic carbocycles. The molecule has 8 rings (SSSR count). The highest BCUT2D eigenvalue weighted by molar-refractivity contribution is 7.92. The molecule has 1 unspecified atom stereocenters. The first kappa shape index (κ1) is 34.4. The summed E-state index contributed by atoms with van der Waals surface area (Å²) >= 11 is 0. The Kier molecular flexibility index (Phi) is 9.11. The Morgan fingerprint density at radius 1 is 0.868 bits per heavy atom. The summed E-state index contributed by atoms with van der Waals surface area (Å²) in [7, 11) is -2.55. The second kappa shape index (κ2) is 14.0. The van der Waals surface area contributed by atoms with Crippen molar-refractivity contribution in [1.29, 1.82) is 0 Å². The maximum absolute atomic E-state index is 16.1. The van der Waals surface area contributed by atoms with Crippen molar-refractivity contribution < 1.29 is 27.7 Å². The van der Waals surface area contributed by atoms with E-state index in [0.717, 1.165) is 24.0 Å². The zero-order chi connectivity index (χ0) is 36.6. The van der Waals surface area contributed by atoms with Crippen molar-refractivity contribution in [2.24, 2.45) is 4.36 Å². The van der Waals surface area contributed by atoms with Crippen molar-refractivity contribution in [3.05, 3.63) is 142 Å². The lowest BCUT2D eigenvalue weighted by Crippen LogP contribution is -2.39. The van der Waals surface area contributed by atoms with Gasteiger partial charge in [0.15, 0.2) is 16.0 Å². The van der Waals surface area contributed by atoms with Crippen LogP contribution in [0.1, 0.15) is 51.8 Å². The average Bonchev–Trinajstić information content (AvgIpc) is 3.98. The fourth-order valence-corrected chi connectivity index (χ4v) is 9.69. The Balaban J connectivity index is 1.32. The van der Waals surface area contributed by atoms with Gasteiger partial charge in [0.2, 0.25) is 5.88 Å². The van der Waals surface area contributed by atoms with E-state index < -0.39 is 33.7 Å². The molecule has 3 N–H and O–H groups in total. The number of amides is 3. The number of urea groups is 1. The number of ether oxygens (including phenoxy) is 2. The zero-order valence-corrected chi connectivity index (χ0v) is 30.0. The smallest absolute Gasteiger partial charge is 0.407 e. The highest BCUT2D eigenvalue weighted by atomic mass is 32.2. The first-order chi connectivity index (χ1) is 25.8. The Morgan fingerprint density at radius 2 is 1.40 bits per heavy atom. The van der Waals surface area contributed by atoms with Crippen LogP contribution in [0.3, 0.4) is 0 Å². The molecule has 2 heterocycles. The number of hydrogen-bond donors (Lipinski definition) is 3. The first-order valence-corrected chi connectivity index (χ1v) is 19.3. The van der Waals surface area contributed by atoms with E-state index in [9.17, 15) is 9.59 Å². The summed E-state index contributed by atoms with van der Waals surface area (Å²) < 4.78 is 52.7.